The zero-order chi connectivity index (χ0) is 20.7. The van der Waals surface area contributed by atoms with Crippen LogP contribution in [0.25, 0.3) is 11.0 Å². The summed E-state index contributed by atoms with van der Waals surface area (Å²) in [7, 11) is 0. The van der Waals surface area contributed by atoms with Gasteiger partial charge >= 0.3 is 11.6 Å². The summed E-state index contributed by atoms with van der Waals surface area (Å²) >= 11 is 0. The molecule has 30 heavy (non-hydrogen) atoms. The van der Waals surface area contributed by atoms with Crippen LogP contribution < -0.4 is 15.7 Å². The molecule has 7 nitrogen and oxygen atoms in total. The Bertz CT molecular complexity index is 1300. The van der Waals surface area contributed by atoms with Crippen LogP contribution in [-0.4, -0.2) is 21.5 Å². The molecular weight excluding hydrogens is 387 g/mol. The SMILES string of the molecule is Cc1c(Cc2ccnc(C3CN3)c2F)c(=O)oc2cc(Oc3ncccn3)ccc12. The second-order valence-corrected chi connectivity index (χ2v) is 7.09. The van der Waals surface area contributed by atoms with Crippen LogP contribution in [0.2, 0.25) is 0 Å². The number of hydrogen-bond donors (Lipinski definition) is 1. The van der Waals surface area contributed by atoms with Crippen molar-refractivity contribution in [3.8, 4) is 11.8 Å². The molecule has 1 atom stereocenters. The summed E-state index contributed by atoms with van der Waals surface area (Å²) < 4.78 is 26.0. The summed E-state index contributed by atoms with van der Waals surface area (Å²) in [6.45, 7) is 2.54. The lowest BCUT2D eigenvalue weighted by Gasteiger charge is -2.11. The smallest absolute Gasteiger partial charge is 0.340 e. The van der Waals surface area contributed by atoms with Crippen molar-refractivity contribution in [3.05, 3.63) is 87.5 Å². The molecule has 1 fully saturated rings. The van der Waals surface area contributed by atoms with Crippen molar-refractivity contribution in [2.24, 2.45) is 0 Å². The lowest BCUT2D eigenvalue weighted by atomic mass is 9.99. The van der Waals surface area contributed by atoms with Gasteiger partial charge in [0.15, 0.2) is 0 Å². The number of aromatic nitrogens is 3. The van der Waals surface area contributed by atoms with Gasteiger partial charge in [-0.2, -0.15) is 0 Å². The van der Waals surface area contributed by atoms with E-state index in [0.29, 0.717) is 34.7 Å². The van der Waals surface area contributed by atoms with Gasteiger partial charge in [-0.1, -0.05) is 0 Å². The van der Waals surface area contributed by atoms with Gasteiger partial charge in [0.05, 0.1) is 11.7 Å². The van der Waals surface area contributed by atoms with Crippen LogP contribution in [0.15, 0.2) is 58.1 Å². The van der Waals surface area contributed by atoms with E-state index < -0.39 is 5.63 Å². The number of nitrogens with one attached hydrogen (secondary N) is 1. The van der Waals surface area contributed by atoms with Crippen molar-refractivity contribution in [1.29, 1.82) is 0 Å². The fourth-order valence-electron chi connectivity index (χ4n) is 3.41. The minimum absolute atomic E-state index is 0.0499. The van der Waals surface area contributed by atoms with Crippen molar-refractivity contribution >= 4 is 11.0 Å². The average molecular weight is 404 g/mol. The number of rotatable bonds is 5. The number of benzene rings is 1. The lowest BCUT2D eigenvalue weighted by Crippen LogP contribution is -2.12. The fourth-order valence-corrected chi connectivity index (χ4v) is 3.41. The molecule has 0 amide bonds. The van der Waals surface area contributed by atoms with Crippen molar-refractivity contribution in [3.63, 3.8) is 0 Å². The minimum Gasteiger partial charge on any atom is -0.424 e. The van der Waals surface area contributed by atoms with Crippen LogP contribution in [0.1, 0.15) is 28.4 Å². The third-order valence-corrected chi connectivity index (χ3v) is 5.11. The van der Waals surface area contributed by atoms with Crippen molar-refractivity contribution in [2.75, 3.05) is 6.54 Å². The summed E-state index contributed by atoms with van der Waals surface area (Å²) in [4.78, 5) is 24.8. The van der Waals surface area contributed by atoms with Crippen molar-refractivity contribution < 1.29 is 13.5 Å². The number of nitrogens with zero attached hydrogens (tertiary/aromatic N) is 3. The maximum absolute atomic E-state index is 14.8. The highest BCUT2D eigenvalue weighted by atomic mass is 19.1. The van der Waals surface area contributed by atoms with E-state index in [2.05, 4.69) is 20.3 Å². The maximum Gasteiger partial charge on any atom is 0.340 e. The Kier molecular flexibility index (Phi) is 4.48. The Morgan fingerprint density at radius 3 is 2.77 bits per heavy atom. The molecule has 0 spiro atoms. The lowest BCUT2D eigenvalue weighted by molar-refractivity contribution is 0.440. The highest BCUT2D eigenvalue weighted by Crippen LogP contribution is 2.29. The molecule has 1 N–H and O–H groups in total. The Morgan fingerprint density at radius 2 is 2.00 bits per heavy atom. The second kappa shape index (κ2) is 7.31. The largest absolute Gasteiger partial charge is 0.424 e. The fraction of sp³-hybridized carbons (Fsp3) is 0.182. The van der Waals surface area contributed by atoms with Gasteiger partial charge in [0.25, 0.3) is 0 Å². The average Bonchev–Trinajstić information content (AvgIpc) is 3.58. The van der Waals surface area contributed by atoms with E-state index >= 15 is 0 Å². The van der Waals surface area contributed by atoms with E-state index in [0.717, 1.165) is 10.9 Å². The highest BCUT2D eigenvalue weighted by Gasteiger charge is 2.28. The normalized spacial score (nSPS) is 15.3. The molecule has 150 valence electrons. The monoisotopic (exact) mass is 404 g/mol. The molecule has 8 heteroatoms. The molecule has 1 aliphatic heterocycles. The third-order valence-electron chi connectivity index (χ3n) is 5.11. The van der Waals surface area contributed by atoms with E-state index in [9.17, 15) is 9.18 Å². The van der Waals surface area contributed by atoms with Crippen LogP contribution in [-0.2, 0) is 6.42 Å². The van der Waals surface area contributed by atoms with Crippen LogP contribution in [0.5, 0.6) is 11.8 Å². The minimum atomic E-state index is -0.504. The van der Waals surface area contributed by atoms with E-state index in [1.807, 2.05) is 6.92 Å². The molecule has 1 saturated heterocycles. The molecule has 3 aromatic heterocycles. The Labute approximate surface area is 170 Å². The molecule has 1 aliphatic rings. The van der Waals surface area contributed by atoms with Gasteiger partial charge in [0.1, 0.15) is 17.1 Å². The first-order chi connectivity index (χ1) is 14.6. The molecule has 0 aliphatic carbocycles. The highest BCUT2D eigenvalue weighted by molar-refractivity contribution is 5.82. The number of ether oxygens (including phenoxy) is 1. The maximum atomic E-state index is 14.8. The zero-order valence-electron chi connectivity index (χ0n) is 16.1. The van der Waals surface area contributed by atoms with Gasteiger partial charge in [-0.05, 0) is 42.3 Å². The molecule has 1 aromatic carbocycles. The van der Waals surface area contributed by atoms with Crippen molar-refractivity contribution in [2.45, 2.75) is 19.4 Å². The number of fused-ring (bicyclic) bond motifs is 1. The summed E-state index contributed by atoms with van der Waals surface area (Å²) in [6, 6.07) is 8.60. The predicted octanol–water partition coefficient (Wildman–Crippen LogP) is 3.45. The predicted molar refractivity (Wildman–Crippen MR) is 107 cm³/mol. The van der Waals surface area contributed by atoms with Crippen LogP contribution in [0, 0.1) is 12.7 Å². The molecule has 0 bridgehead atoms. The summed E-state index contributed by atoms with van der Waals surface area (Å²) in [5.41, 5.74) is 1.85. The van der Waals surface area contributed by atoms with Gasteiger partial charge in [-0.3, -0.25) is 4.98 Å². The molecule has 0 saturated carbocycles. The van der Waals surface area contributed by atoms with Gasteiger partial charge in [-0.15, -0.1) is 0 Å². The van der Waals surface area contributed by atoms with Crippen molar-refractivity contribution in [1.82, 2.24) is 20.3 Å². The molecule has 0 radical (unpaired) electrons. The topological polar surface area (TPSA) is 100 Å². The Hall–Kier alpha value is -3.65. The number of pyridine rings is 1. The number of halogens is 1. The van der Waals surface area contributed by atoms with Gasteiger partial charge < -0.3 is 14.5 Å². The summed E-state index contributed by atoms with van der Waals surface area (Å²) in [6.07, 6.45) is 4.85. The van der Waals surface area contributed by atoms with Crippen LogP contribution in [0.3, 0.4) is 0 Å². The first kappa shape index (κ1) is 18.4. The number of aryl methyl sites for hydroxylation is 1. The summed E-state index contributed by atoms with van der Waals surface area (Å²) in [5.74, 6) is 0.0729. The van der Waals surface area contributed by atoms with E-state index in [1.165, 1.54) is 0 Å². The second-order valence-electron chi connectivity index (χ2n) is 7.09. The molecule has 5 rings (SSSR count). The standard InChI is InChI=1S/C22H17FN4O3/c1-12-15-4-3-14(29-22-25-6-2-7-26-22)10-18(15)30-21(28)16(12)9-13-5-8-24-20(19(13)23)17-11-27-17/h2-8,10,17,27H,9,11H2,1H3. The van der Waals surface area contributed by atoms with Crippen LogP contribution >= 0.6 is 0 Å². The molecule has 1 unspecified atom stereocenters. The quantitative estimate of drug-likeness (QED) is 0.402. The first-order valence-corrected chi connectivity index (χ1v) is 9.48. The molecular formula is C22H17FN4O3. The van der Waals surface area contributed by atoms with E-state index in [-0.39, 0.29) is 24.3 Å². The van der Waals surface area contributed by atoms with Gasteiger partial charge in [0.2, 0.25) is 0 Å². The van der Waals surface area contributed by atoms with E-state index in [1.54, 1.807) is 48.9 Å². The Morgan fingerprint density at radius 1 is 1.20 bits per heavy atom. The third kappa shape index (κ3) is 3.42. The van der Waals surface area contributed by atoms with Crippen LogP contribution in [0.4, 0.5) is 4.39 Å². The van der Waals surface area contributed by atoms with Gasteiger partial charge in [-0.25, -0.2) is 19.2 Å². The van der Waals surface area contributed by atoms with Gasteiger partial charge in [0, 0.05) is 48.6 Å². The first-order valence-electron chi connectivity index (χ1n) is 9.48. The zero-order valence-corrected chi connectivity index (χ0v) is 16.1. The Balaban J connectivity index is 1.50. The van der Waals surface area contributed by atoms with E-state index in [4.69, 9.17) is 9.15 Å². The summed E-state index contributed by atoms with van der Waals surface area (Å²) in [5, 5.41) is 3.80. The molecule has 4 heterocycles. The number of hydrogen-bond acceptors (Lipinski definition) is 7. The molecule has 4 aromatic rings.